The fourth-order valence-electron chi connectivity index (χ4n) is 1.69. The maximum absolute atomic E-state index is 4.34. The summed E-state index contributed by atoms with van der Waals surface area (Å²) >= 11 is 0. The van der Waals surface area contributed by atoms with Crippen molar-refractivity contribution in [2.45, 2.75) is 6.42 Å². The first-order valence-electron chi connectivity index (χ1n) is 5.71. The summed E-state index contributed by atoms with van der Waals surface area (Å²) in [6.07, 6.45) is 4.31. The van der Waals surface area contributed by atoms with E-state index in [0.717, 1.165) is 17.9 Å². The van der Waals surface area contributed by atoms with E-state index in [-0.39, 0.29) is 0 Å². The molecule has 0 radical (unpaired) electrons. The predicted molar refractivity (Wildman–Crippen MR) is 66.2 cm³/mol. The number of aryl methyl sites for hydroxylation is 1. The van der Waals surface area contributed by atoms with Crippen LogP contribution in [0.4, 0.5) is 5.95 Å². The zero-order valence-corrected chi connectivity index (χ0v) is 9.98. The molecule has 18 heavy (non-hydrogen) atoms. The third-order valence-corrected chi connectivity index (χ3v) is 2.52. The van der Waals surface area contributed by atoms with Gasteiger partial charge in [0.2, 0.25) is 5.95 Å². The molecular formula is C11H13N7. The first-order valence-corrected chi connectivity index (χ1v) is 5.71. The molecule has 1 N–H and O–H groups in total. The van der Waals surface area contributed by atoms with Gasteiger partial charge in [-0.1, -0.05) is 6.07 Å². The molecule has 7 nitrogen and oxygen atoms in total. The fraction of sp³-hybridized carbons (Fsp3) is 0.273. The molecule has 3 rings (SSSR count). The van der Waals surface area contributed by atoms with Crippen molar-refractivity contribution in [3.63, 3.8) is 0 Å². The zero-order valence-electron chi connectivity index (χ0n) is 9.98. The maximum atomic E-state index is 4.34. The van der Waals surface area contributed by atoms with Crippen molar-refractivity contribution >= 4 is 11.6 Å². The summed E-state index contributed by atoms with van der Waals surface area (Å²) in [6, 6.07) is 5.77. The Labute approximate surface area is 103 Å². The molecule has 0 aliphatic heterocycles. The highest BCUT2D eigenvalue weighted by Gasteiger charge is 2.03. The lowest BCUT2D eigenvalue weighted by Crippen LogP contribution is -2.07. The minimum atomic E-state index is 0.622. The monoisotopic (exact) mass is 243 g/mol. The first-order chi connectivity index (χ1) is 8.81. The summed E-state index contributed by atoms with van der Waals surface area (Å²) in [5.41, 5.74) is 0.830. The van der Waals surface area contributed by atoms with E-state index in [1.165, 1.54) is 0 Å². The van der Waals surface area contributed by atoms with E-state index in [1.807, 2.05) is 31.4 Å². The van der Waals surface area contributed by atoms with Crippen LogP contribution in [0.2, 0.25) is 0 Å². The van der Waals surface area contributed by atoms with Crippen LogP contribution in [0.1, 0.15) is 5.82 Å². The van der Waals surface area contributed by atoms with Crippen molar-refractivity contribution < 1.29 is 0 Å². The van der Waals surface area contributed by atoms with Crippen LogP contribution in [0.25, 0.3) is 5.65 Å². The molecule has 3 aromatic rings. The lowest BCUT2D eigenvalue weighted by molar-refractivity contribution is 0.741. The third-order valence-electron chi connectivity index (χ3n) is 2.52. The van der Waals surface area contributed by atoms with Gasteiger partial charge in [0.1, 0.15) is 6.33 Å². The predicted octanol–water partition coefficient (Wildman–Crippen LogP) is 0.512. The van der Waals surface area contributed by atoms with Gasteiger partial charge in [-0.15, -0.1) is 5.10 Å². The molecule has 7 heteroatoms. The van der Waals surface area contributed by atoms with Crippen molar-refractivity contribution in [1.29, 1.82) is 0 Å². The molecule has 0 aromatic carbocycles. The van der Waals surface area contributed by atoms with Gasteiger partial charge in [0, 0.05) is 26.2 Å². The summed E-state index contributed by atoms with van der Waals surface area (Å²) in [4.78, 5) is 8.50. The second kappa shape index (κ2) is 4.44. The lowest BCUT2D eigenvalue weighted by Gasteiger charge is -1.97. The highest BCUT2D eigenvalue weighted by molar-refractivity contribution is 5.42. The number of anilines is 1. The standard InChI is InChI=1S/C11H13N7/c1-17-8-13-9(15-17)5-6-12-11-14-10-4-2-3-7-18(10)16-11/h2-4,7-8H,5-6H2,1H3,(H,12,16). The van der Waals surface area contributed by atoms with Gasteiger partial charge in [0.05, 0.1) is 0 Å². The number of aromatic nitrogens is 6. The van der Waals surface area contributed by atoms with Gasteiger partial charge >= 0.3 is 0 Å². The van der Waals surface area contributed by atoms with E-state index < -0.39 is 0 Å². The van der Waals surface area contributed by atoms with Crippen molar-refractivity contribution in [2.75, 3.05) is 11.9 Å². The van der Waals surface area contributed by atoms with Crippen LogP contribution in [-0.2, 0) is 13.5 Å². The van der Waals surface area contributed by atoms with Gasteiger partial charge < -0.3 is 5.32 Å². The van der Waals surface area contributed by atoms with Gasteiger partial charge in [-0.2, -0.15) is 10.1 Å². The number of pyridine rings is 1. The van der Waals surface area contributed by atoms with E-state index in [9.17, 15) is 0 Å². The number of fused-ring (bicyclic) bond motifs is 1. The smallest absolute Gasteiger partial charge is 0.243 e. The summed E-state index contributed by atoms with van der Waals surface area (Å²) < 4.78 is 3.43. The average Bonchev–Trinajstić information content (AvgIpc) is 2.95. The molecule has 0 atom stereocenters. The van der Waals surface area contributed by atoms with Crippen LogP contribution in [0.5, 0.6) is 0 Å². The molecule has 0 aliphatic rings. The van der Waals surface area contributed by atoms with Gasteiger partial charge in [-0.25, -0.2) is 9.50 Å². The third kappa shape index (κ3) is 2.15. The molecule has 0 aliphatic carbocycles. The van der Waals surface area contributed by atoms with Gasteiger partial charge in [0.25, 0.3) is 0 Å². The van der Waals surface area contributed by atoms with E-state index in [0.29, 0.717) is 12.5 Å². The topological polar surface area (TPSA) is 72.9 Å². The number of hydrogen-bond acceptors (Lipinski definition) is 5. The highest BCUT2D eigenvalue weighted by atomic mass is 15.3. The summed E-state index contributed by atoms with van der Waals surface area (Å²) in [6.45, 7) is 0.709. The quantitative estimate of drug-likeness (QED) is 0.723. The van der Waals surface area contributed by atoms with Gasteiger partial charge in [-0.05, 0) is 12.1 Å². The van der Waals surface area contributed by atoms with Gasteiger partial charge in [-0.3, -0.25) is 4.68 Å². The first kappa shape index (κ1) is 10.7. The molecule has 0 saturated carbocycles. The van der Waals surface area contributed by atoms with Gasteiger partial charge in [0.15, 0.2) is 11.5 Å². The van der Waals surface area contributed by atoms with E-state index in [4.69, 9.17) is 0 Å². The molecule has 0 saturated heterocycles. The molecule has 0 unspecified atom stereocenters. The Kier molecular flexibility index (Phi) is 2.64. The van der Waals surface area contributed by atoms with Crippen LogP contribution in [0.3, 0.4) is 0 Å². The normalized spacial score (nSPS) is 10.9. The Balaban J connectivity index is 1.62. The Bertz CT molecular complexity index is 621. The summed E-state index contributed by atoms with van der Waals surface area (Å²) in [5.74, 6) is 1.44. The average molecular weight is 243 g/mol. The fourth-order valence-corrected chi connectivity index (χ4v) is 1.69. The van der Waals surface area contributed by atoms with E-state index in [1.54, 1.807) is 15.5 Å². The van der Waals surface area contributed by atoms with Crippen LogP contribution < -0.4 is 5.32 Å². The van der Waals surface area contributed by atoms with Crippen molar-refractivity contribution in [3.05, 3.63) is 36.5 Å². The largest absolute Gasteiger partial charge is 0.352 e. The highest BCUT2D eigenvalue weighted by Crippen LogP contribution is 2.04. The molecule has 92 valence electrons. The minimum absolute atomic E-state index is 0.622. The number of hydrogen-bond donors (Lipinski definition) is 1. The van der Waals surface area contributed by atoms with Crippen molar-refractivity contribution in [2.24, 2.45) is 7.05 Å². The molecule has 0 spiro atoms. The van der Waals surface area contributed by atoms with Crippen LogP contribution in [0, 0.1) is 0 Å². The zero-order chi connectivity index (χ0) is 12.4. The summed E-state index contributed by atoms with van der Waals surface area (Å²) in [7, 11) is 1.85. The molecule has 0 bridgehead atoms. The number of rotatable bonds is 4. The molecule has 0 amide bonds. The second-order valence-corrected chi connectivity index (χ2v) is 3.95. The van der Waals surface area contributed by atoms with Crippen molar-refractivity contribution in [3.8, 4) is 0 Å². The van der Waals surface area contributed by atoms with E-state index >= 15 is 0 Å². The molecule has 0 fully saturated rings. The molecular weight excluding hydrogens is 230 g/mol. The van der Waals surface area contributed by atoms with Crippen LogP contribution >= 0.6 is 0 Å². The number of nitrogens with one attached hydrogen (secondary N) is 1. The maximum Gasteiger partial charge on any atom is 0.243 e. The molecule has 3 heterocycles. The van der Waals surface area contributed by atoms with Crippen LogP contribution in [0.15, 0.2) is 30.7 Å². The lowest BCUT2D eigenvalue weighted by atomic mass is 10.4. The SMILES string of the molecule is Cn1cnc(CCNc2nc3ccccn3n2)n1. The Morgan fingerprint density at radius 2 is 2.22 bits per heavy atom. The van der Waals surface area contributed by atoms with Crippen LogP contribution in [-0.4, -0.2) is 35.9 Å². The second-order valence-electron chi connectivity index (χ2n) is 3.95. The minimum Gasteiger partial charge on any atom is -0.352 e. The Morgan fingerprint density at radius 3 is 3.00 bits per heavy atom. The van der Waals surface area contributed by atoms with Crippen molar-refractivity contribution in [1.82, 2.24) is 29.4 Å². The van der Waals surface area contributed by atoms with E-state index in [2.05, 4.69) is 25.5 Å². The Hall–Kier alpha value is -2.44. The Morgan fingerprint density at radius 1 is 1.28 bits per heavy atom. The summed E-state index contributed by atoms with van der Waals surface area (Å²) in [5, 5.41) is 11.7. The molecule has 3 aromatic heterocycles. The number of nitrogens with zero attached hydrogens (tertiary/aromatic N) is 6.